The summed E-state index contributed by atoms with van der Waals surface area (Å²) in [7, 11) is 0.869. The van der Waals surface area contributed by atoms with Gasteiger partial charge in [0.2, 0.25) is 15.8 Å². The van der Waals surface area contributed by atoms with Crippen molar-refractivity contribution in [2.75, 3.05) is 21.3 Å². The zero-order chi connectivity index (χ0) is 22.0. The third kappa shape index (κ3) is 5.03. The van der Waals surface area contributed by atoms with Crippen molar-refractivity contribution in [2.45, 2.75) is 51.5 Å². The molecule has 6 nitrogen and oxygen atoms in total. The highest BCUT2D eigenvalue weighted by molar-refractivity contribution is 7.89. The van der Waals surface area contributed by atoms with E-state index in [1.54, 1.807) is 12.1 Å². The van der Waals surface area contributed by atoms with Crippen LogP contribution in [0.1, 0.15) is 43.0 Å². The molecular weight excluding hydrogens is 390 g/mol. The van der Waals surface area contributed by atoms with E-state index in [2.05, 4.69) is 25.5 Å². The molecule has 0 fully saturated rings. The number of hydrogen-bond donors (Lipinski definition) is 1. The molecule has 2 aromatic rings. The summed E-state index contributed by atoms with van der Waals surface area (Å²) in [6.45, 7) is 10.1. The fraction of sp³-hybridized carbons (Fsp3) is 0.455. The van der Waals surface area contributed by atoms with Crippen LogP contribution in [0, 0.1) is 13.8 Å². The van der Waals surface area contributed by atoms with E-state index >= 15 is 0 Å². The highest BCUT2D eigenvalue weighted by atomic mass is 32.2. The van der Waals surface area contributed by atoms with Gasteiger partial charge >= 0.3 is 0 Å². The van der Waals surface area contributed by atoms with Gasteiger partial charge in [0.25, 0.3) is 0 Å². The molecule has 0 saturated heterocycles. The molecule has 2 rings (SSSR count). The number of nitrogens with one attached hydrogen (secondary N) is 1. The lowest BCUT2D eigenvalue weighted by atomic mass is 9.85. The molecule has 2 aromatic carbocycles. The molecule has 0 bridgehead atoms. The van der Waals surface area contributed by atoms with Crippen LogP contribution in [0.3, 0.4) is 0 Å². The smallest absolute Gasteiger partial charge is 0.241 e. The molecule has 0 heterocycles. The zero-order valence-electron chi connectivity index (χ0n) is 18.5. The van der Waals surface area contributed by atoms with Crippen molar-refractivity contribution >= 4 is 10.0 Å². The number of hydrogen-bond acceptors (Lipinski definition) is 5. The molecule has 7 heteroatoms. The van der Waals surface area contributed by atoms with Crippen molar-refractivity contribution < 1.29 is 22.6 Å². The maximum atomic E-state index is 13.0. The number of benzene rings is 2. The summed E-state index contributed by atoms with van der Waals surface area (Å²) in [5.41, 5.74) is 3.21. The summed E-state index contributed by atoms with van der Waals surface area (Å²) in [5.74, 6) is 1.41. The summed E-state index contributed by atoms with van der Waals surface area (Å²) >= 11 is 0. The predicted octanol–water partition coefficient (Wildman–Crippen LogP) is 4.11. The summed E-state index contributed by atoms with van der Waals surface area (Å²) < 4.78 is 44.8. The Balaban J connectivity index is 2.36. The topological polar surface area (TPSA) is 73.9 Å². The minimum Gasteiger partial charge on any atom is -0.493 e. The number of aryl methyl sites for hydroxylation is 2. The van der Waals surface area contributed by atoms with E-state index in [4.69, 9.17) is 14.2 Å². The Bertz CT molecular complexity index is 943. The Morgan fingerprint density at radius 3 is 1.72 bits per heavy atom. The SMILES string of the molecule is COc1cc(CNS(=O)(=O)c2c(C)cc(C(C)(C)C)cc2C)cc(OC)c1OC. The van der Waals surface area contributed by atoms with Gasteiger partial charge in [-0.15, -0.1) is 0 Å². The first kappa shape index (κ1) is 23.0. The van der Waals surface area contributed by atoms with Crippen molar-refractivity contribution in [3.05, 3.63) is 46.5 Å². The van der Waals surface area contributed by atoms with Crippen LogP contribution in [0.2, 0.25) is 0 Å². The lowest BCUT2D eigenvalue weighted by molar-refractivity contribution is 0.323. The van der Waals surface area contributed by atoms with Crippen molar-refractivity contribution in [1.82, 2.24) is 4.72 Å². The van der Waals surface area contributed by atoms with E-state index in [1.807, 2.05) is 26.0 Å². The quantitative estimate of drug-likeness (QED) is 0.728. The lowest BCUT2D eigenvalue weighted by Crippen LogP contribution is -2.25. The van der Waals surface area contributed by atoms with Gasteiger partial charge in [-0.3, -0.25) is 0 Å². The second-order valence-electron chi connectivity index (χ2n) is 8.05. The summed E-state index contributed by atoms with van der Waals surface area (Å²) in [4.78, 5) is 0.318. The monoisotopic (exact) mass is 421 g/mol. The molecule has 0 aromatic heterocycles. The van der Waals surface area contributed by atoms with Crippen LogP contribution in [-0.2, 0) is 22.0 Å². The largest absolute Gasteiger partial charge is 0.493 e. The summed E-state index contributed by atoms with van der Waals surface area (Å²) in [5, 5.41) is 0. The fourth-order valence-corrected chi connectivity index (χ4v) is 4.76. The minimum atomic E-state index is -3.70. The lowest BCUT2D eigenvalue weighted by Gasteiger charge is -2.22. The Morgan fingerprint density at radius 2 is 1.34 bits per heavy atom. The Morgan fingerprint density at radius 1 is 0.862 bits per heavy atom. The first-order chi connectivity index (χ1) is 13.4. The molecule has 1 N–H and O–H groups in total. The maximum Gasteiger partial charge on any atom is 0.241 e. The van der Waals surface area contributed by atoms with Crippen molar-refractivity contribution in [2.24, 2.45) is 0 Å². The molecule has 0 spiro atoms. The second kappa shape index (κ2) is 8.63. The zero-order valence-corrected chi connectivity index (χ0v) is 19.3. The van der Waals surface area contributed by atoms with Crippen LogP contribution in [0.15, 0.2) is 29.2 Å². The Labute approximate surface area is 174 Å². The minimum absolute atomic E-state index is 0.0541. The van der Waals surface area contributed by atoms with Gasteiger partial charge in [-0.05, 0) is 53.6 Å². The molecule has 0 aliphatic rings. The van der Waals surface area contributed by atoms with Gasteiger partial charge in [0.1, 0.15) is 0 Å². The van der Waals surface area contributed by atoms with Gasteiger partial charge in [-0.25, -0.2) is 13.1 Å². The summed E-state index contributed by atoms with van der Waals surface area (Å²) in [6, 6.07) is 7.35. The highest BCUT2D eigenvalue weighted by Crippen LogP contribution is 2.38. The normalized spacial score (nSPS) is 12.0. The molecule has 160 valence electrons. The molecule has 0 atom stereocenters. The van der Waals surface area contributed by atoms with E-state index in [1.165, 1.54) is 21.3 Å². The molecule has 29 heavy (non-hydrogen) atoms. The van der Waals surface area contributed by atoms with Gasteiger partial charge < -0.3 is 14.2 Å². The van der Waals surface area contributed by atoms with Gasteiger partial charge in [-0.1, -0.05) is 32.9 Å². The molecule has 0 aliphatic heterocycles. The highest BCUT2D eigenvalue weighted by Gasteiger charge is 2.23. The van der Waals surface area contributed by atoms with Crippen LogP contribution in [-0.4, -0.2) is 29.7 Å². The number of rotatable bonds is 7. The predicted molar refractivity (Wildman–Crippen MR) is 115 cm³/mol. The molecule has 0 radical (unpaired) electrons. The van der Waals surface area contributed by atoms with Crippen LogP contribution in [0.4, 0.5) is 0 Å². The van der Waals surface area contributed by atoms with Crippen LogP contribution < -0.4 is 18.9 Å². The number of ether oxygens (including phenoxy) is 3. The van der Waals surface area contributed by atoms with Gasteiger partial charge in [0.15, 0.2) is 11.5 Å². The van der Waals surface area contributed by atoms with Gasteiger partial charge in [-0.2, -0.15) is 0 Å². The molecular formula is C22H31NO5S. The average molecular weight is 422 g/mol. The molecule has 0 unspecified atom stereocenters. The van der Waals surface area contributed by atoms with Crippen molar-refractivity contribution in [3.8, 4) is 17.2 Å². The Kier molecular flexibility index (Phi) is 6.86. The van der Waals surface area contributed by atoms with Crippen LogP contribution in [0.5, 0.6) is 17.2 Å². The van der Waals surface area contributed by atoms with Gasteiger partial charge in [0.05, 0.1) is 26.2 Å². The average Bonchev–Trinajstić information content (AvgIpc) is 2.63. The Hall–Kier alpha value is -2.25. The van der Waals surface area contributed by atoms with Crippen LogP contribution >= 0.6 is 0 Å². The van der Waals surface area contributed by atoms with E-state index in [9.17, 15) is 8.42 Å². The van der Waals surface area contributed by atoms with E-state index in [0.29, 0.717) is 27.7 Å². The third-order valence-corrected chi connectivity index (χ3v) is 6.49. The number of methoxy groups -OCH3 is 3. The fourth-order valence-electron chi connectivity index (χ4n) is 3.30. The molecule has 0 amide bonds. The van der Waals surface area contributed by atoms with Gasteiger partial charge in [0, 0.05) is 6.54 Å². The van der Waals surface area contributed by atoms with Crippen molar-refractivity contribution in [1.29, 1.82) is 0 Å². The van der Waals surface area contributed by atoms with Crippen molar-refractivity contribution in [3.63, 3.8) is 0 Å². The maximum absolute atomic E-state index is 13.0. The first-order valence-corrected chi connectivity index (χ1v) is 10.8. The molecule has 0 aliphatic carbocycles. The van der Waals surface area contributed by atoms with E-state index in [-0.39, 0.29) is 12.0 Å². The van der Waals surface area contributed by atoms with E-state index in [0.717, 1.165) is 16.7 Å². The first-order valence-electron chi connectivity index (χ1n) is 9.35. The third-order valence-electron chi connectivity index (χ3n) is 4.79. The second-order valence-corrected chi connectivity index (χ2v) is 9.75. The van der Waals surface area contributed by atoms with Crippen LogP contribution in [0.25, 0.3) is 0 Å². The molecule has 0 saturated carbocycles. The number of sulfonamides is 1. The summed E-state index contributed by atoms with van der Waals surface area (Å²) in [6.07, 6.45) is 0. The van der Waals surface area contributed by atoms with E-state index < -0.39 is 10.0 Å². The standard InChI is InChI=1S/C22H31NO5S/c1-14-9-17(22(3,4)5)10-15(2)21(14)29(24,25)23-13-16-11-18(26-6)20(28-8)19(12-16)27-7/h9-12,23H,13H2,1-8H3.